The summed E-state index contributed by atoms with van der Waals surface area (Å²) >= 11 is 0. The molecule has 1 aromatic carbocycles. The van der Waals surface area contributed by atoms with Crippen LogP contribution in [0.25, 0.3) is 16.5 Å². The Morgan fingerprint density at radius 1 is 1.21 bits per heavy atom. The van der Waals surface area contributed by atoms with Crippen LogP contribution in [0.2, 0.25) is 0 Å². The lowest BCUT2D eigenvalue weighted by Crippen LogP contribution is -2.14. The summed E-state index contributed by atoms with van der Waals surface area (Å²) in [5.74, 6) is 0.839. The number of hydrogen-bond acceptors (Lipinski definition) is 3. The highest BCUT2D eigenvalue weighted by Gasteiger charge is 2.18. The molecule has 0 bridgehead atoms. The number of aryl methyl sites for hydroxylation is 1. The van der Waals surface area contributed by atoms with Gasteiger partial charge in [0.25, 0.3) is 0 Å². The van der Waals surface area contributed by atoms with Gasteiger partial charge in [-0.05, 0) is 48.6 Å². The van der Waals surface area contributed by atoms with Gasteiger partial charge in [-0.2, -0.15) is 0 Å². The fraction of sp³-hybridized carbons (Fsp3) is 0.286. The zero-order valence-electron chi connectivity index (χ0n) is 14.0. The lowest BCUT2D eigenvalue weighted by atomic mass is 9.82. The fourth-order valence-corrected chi connectivity index (χ4v) is 3.37. The van der Waals surface area contributed by atoms with E-state index in [2.05, 4.69) is 47.7 Å². The molecule has 0 N–H and O–H groups in total. The maximum atomic E-state index is 4.82. The molecule has 2 heterocycles. The Kier molecular flexibility index (Phi) is 3.85. The molecular weight excluding hydrogens is 294 g/mol. The Morgan fingerprint density at radius 3 is 2.83 bits per heavy atom. The van der Waals surface area contributed by atoms with E-state index in [1.54, 1.807) is 6.33 Å². The Hall–Kier alpha value is -2.55. The number of benzene rings is 1. The van der Waals surface area contributed by atoms with Gasteiger partial charge in [0, 0.05) is 28.5 Å². The van der Waals surface area contributed by atoms with Crippen LogP contribution in [0.15, 0.2) is 49.4 Å². The van der Waals surface area contributed by atoms with Crippen LogP contribution >= 0.6 is 0 Å². The van der Waals surface area contributed by atoms with E-state index in [9.17, 15) is 0 Å². The van der Waals surface area contributed by atoms with E-state index in [1.807, 2.05) is 12.3 Å². The molecule has 0 saturated heterocycles. The van der Waals surface area contributed by atoms with Gasteiger partial charge in [0.05, 0.1) is 5.52 Å². The Bertz CT molecular complexity index is 910. The van der Waals surface area contributed by atoms with Gasteiger partial charge in [0.2, 0.25) is 0 Å². The molecule has 24 heavy (non-hydrogen) atoms. The van der Waals surface area contributed by atoms with Gasteiger partial charge in [-0.3, -0.25) is 4.98 Å². The lowest BCUT2D eigenvalue weighted by molar-refractivity contribution is 0.312. The zero-order chi connectivity index (χ0) is 16.5. The molecule has 4 rings (SSSR count). The number of fused-ring (bicyclic) bond motifs is 1. The van der Waals surface area contributed by atoms with Crippen LogP contribution in [0.1, 0.15) is 41.8 Å². The topological polar surface area (TPSA) is 38.7 Å². The summed E-state index contributed by atoms with van der Waals surface area (Å²) in [6.45, 7) is 6.38. The third-order valence-electron chi connectivity index (χ3n) is 5.04. The van der Waals surface area contributed by atoms with Crippen molar-refractivity contribution in [1.29, 1.82) is 0 Å². The van der Waals surface area contributed by atoms with Crippen LogP contribution in [0.5, 0.6) is 0 Å². The quantitative estimate of drug-likeness (QED) is 0.698. The van der Waals surface area contributed by atoms with Crippen molar-refractivity contribution in [3.8, 4) is 0 Å². The van der Waals surface area contributed by atoms with E-state index in [0.717, 1.165) is 45.6 Å². The maximum Gasteiger partial charge on any atom is 0.116 e. The van der Waals surface area contributed by atoms with E-state index in [4.69, 9.17) is 4.98 Å². The van der Waals surface area contributed by atoms with Crippen molar-refractivity contribution in [1.82, 2.24) is 15.0 Å². The summed E-state index contributed by atoms with van der Waals surface area (Å²) in [6, 6.07) is 10.5. The van der Waals surface area contributed by atoms with Gasteiger partial charge in [-0.15, -0.1) is 0 Å². The maximum absolute atomic E-state index is 4.82. The molecule has 3 aromatic rings. The summed E-state index contributed by atoms with van der Waals surface area (Å²) in [4.78, 5) is 13.2. The van der Waals surface area contributed by atoms with Gasteiger partial charge in [0.1, 0.15) is 6.33 Å². The predicted molar refractivity (Wildman–Crippen MR) is 97.7 cm³/mol. The standard InChI is InChI=1S/C21H21N3/c1-14(17-6-9-21-18(11-17)12-22-13-23-21)20-8-7-19(24-15(20)2)10-16-4-3-5-16/h6-9,11-13,16H,1,3-5,10H2,2H3. The molecule has 0 aliphatic heterocycles. The van der Waals surface area contributed by atoms with Gasteiger partial charge < -0.3 is 0 Å². The lowest BCUT2D eigenvalue weighted by Gasteiger charge is -2.25. The molecule has 1 aliphatic rings. The van der Waals surface area contributed by atoms with E-state index in [-0.39, 0.29) is 0 Å². The molecule has 0 amide bonds. The normalized spacial score (nSPS) is 14.5. The molecule has 3 heteroatoms. The Balaban J connectivity index is 1.62. The minimum atomic E-state index is 0.839. The molecule has 0 atom stereocenters. The zero-order valence-corrected chi connectivity index (χ0v) is 14.0. The molecule has 0 spiro atoms. The van der Waals surface area contributed by atoms with Crippen molar-refractivity contribution < 1.29 is 0 Å². The first-order chi connectivity index (χ1) is 11.7. The summed E-state index contributed by atoms with van der Waals surface area (Å²) in [7, 11) is 0. The van der Waals surface area contributed by atoms with Crippen molar-refractivity contribution in [3.63, 3.8) is 0 Å². The SMILES string of the molecule is C=C(c1ccc2ncncc2c1)c1ccc(CC2CCC2)nc1C. The monoisotopic (exact) mass is 315 g/mol. The van der Waals surface area contributed by atoms with Gasteiger partial charge >= 0.3 is 0 Å². The van der Waals surface area contributed by atoms with Crippen molar-refractivity contribution in [2.24, 2.45) is 5.92 Å². The van der Waals surface area contributed by atoms with Crippen molar-refractivity contribution in [2.45, 2.75) is 32.6 Å². The average molecular weight is 315 g/mol. The fourth-order valence-electron chi connectivity index (χ4n) is 3.37. The number of aromatic nitrogens is 3. The van der Waals surface area contributed by atoms with Crippen LogP contribution < -0.4 is 0 Å². The second-order valence-corrected chi connectivity index (χ2v) is 6.71. The molecule has 2 aromatic heterocycles. The first-order valence-electron chi connectivity index (χ1n) is 8.56. The van der Waals surface area contributed by atoms with Crippen molar-refractivity contribution in [3.05, 3.63) is 71.9 Å². The second-order valence-electron chi connectivity index (χ2n) is 6.71. The van der Waals surface area contributed by atoms with E-state index in [1.165, 1.54) is 25.0 Å². The first kappa shape index (κ1) is 15.0. The number of hydrogen-bond donors (Lipinski definition) is 0. The highest BCUT2D eigenvalue weighted by Crippen LogP contribution is 2.30. The van der Waals surface area contributed by atoms with Crippen LogP contribution in [0, 0.1) is 12.8 Å². The minimum Gasteiger partial charge on any atom is -0.258 e. The molecule has 1 fully saturated rings. The average Bonchev–Trinajstić information content (AvgIpc) is 2.57. The van der Waals surface area contributed by atoms with Crippen molar-refractivity contribution in [2.75, 3.05) is 0 Å². The Morgan fingerprint density at radius 2 is 2.08 bits per heavy atom. The smallest absolute Gasteiger partial charge is 0.116 e. The number of nitrogens with zero attached hydrogens (tertiary/aromatic N) is 3. The molecule has 1 saturated carbocycles. The van der Waals surface area contributed by atoms with Crippen molar-refractivity contribution >= 4 is 16.5 Å². The van der Waals surface area contributed by atoms with Crippen LogP contribution in [-0.4, -0.2) is 15.0 Å². The molecule has 1 aliphatic carbocycles. The number of pyridine rings is 1. The van der Waals surface area contributed by atoms with E-state index >= 15 is 0 Å². The molecule has 0 radical (unpaired) electrons. The van der Waals surface area contributed by atoms with E-state index in [0.29, 0.717) is 0 Å². The third kappa shape index (κ3) is 2.82. The molecular formula is C21H21N3. The van der Waals surface area contributed by atoms with E-state index < -0.39 is 0 Å². The first-order valence-corrected chi connectivity index (χ1v) is 8.56. The molecule has 3 nitrogen and oxygen atoms in total. The largest absolute Gasteiger partial charge is 0.258 e. The highest BCUT2D eigenvalue weighted by molar-refractivity contribution is 5.86. The van der Waals surface area contributed by atoms with Crippen LogP contribution in [0.4, 0.5) is 0 Å². The van der Waals surface area contributed by atoms with Gasteiger partial charge in [-0.25, -0.2) is 9.97 Å². The predicted octanol–water partition coefficient (Wildman–Crippen LogP) is 4.74. The summed E-state index contributed by atoms with van der Waals surface area (Å²) in [6.07, 6.45) is 8.62. The van der Waals surface area contributed by atoms with Crippen LogP contribution in [-0.2, 0) is 6.42 Å². The number of rotatable bonds is 4. The minimum absolute atomic E-state index is 0.839. The Labute approximate surface area is 142 Å². The molecule has 0 unspecified atom stereocenters. The van der Waals surface area contributed by atoms with Crippen LogP contribution in [0.3, 0.4) is 0 Å². The van der Waals surface area contributed by atoms with Gasteiger partial charge in [-0.1, -0.05) is 38.0 Å². The third-order valence-corrected chi connectivity index (χ3v) is 5.04. The molecule has 120 valence electrons. The summed E-state index contributed by atoms with van der Waals surface area (Å²) in [5, 5.41) is 1.03. The highest BCUT2D eigenvalue weighted by atomic mass is 14.8. The summed E-state index contributed by atoms with van der Waals surface area (Å²) in [5.41, 5.74) is 6.42. The second kappa shape index (κ2) is 6.16. The summed E-state index contributed by atoms with van der Waals surface area (Å²) < 4.78 is 0. The van der Waals surface area contributed by atoms with Gasteiger partial charge in [0.15, 0.2) is 0 Å².